The number of anilines is 1. The van der Waals surface area contributed by atoms with Crippen molar-refractivity contribution in [1.82, 2.24) is 24.2 Å². The molecule has 1 unspecified atom stereocenters. The number of hydrogen-bond acceptors (Lipinski definition) is 13. The molecule has 0 amide bonds. The SMILES string of the molecule is COc1ccc(C(OC[C@H]2O[C@@H](n3cnc4c(N)ncnc43)[C@H](OCc3ccccc3)[C@@H]2OP(OCCC#N)N(C(C)C)C(C)C)(c2ccccc2)c2ccc(OC)cc2)cc1. The molecule has 0 saturated carbocycles. The van der Waals surface area contributed by atoms with Crippen molar-refractivity contribution in [3.63, 3.8) is 0 Å². The fraction of sp³-hybridized carbons (Fsp3) is 0.362. The first-order chi connectivity index (χ1) is 30.2. The summed E-state index contributed by atoms with van der Waals surface area (Å²) in [6.07, 6.45) is 0.133. The molecule has 6 aromatic rings. The normalized spacial score (nSPS) is 18.4. The number of benzene rings is 4. The lowest BCUT2D eigenvalue weighted by Gasteiger charge is -2.39. The van der Waals surface area contributed by atoms with Crippen LogP contribution < -0.4 is 15.2 Å². The van der Waals surface area contributed by atoms with Crippen molar-refractivity contribution >= 4 is 25.5 Å². The van der Waals surface area contributed by atoms with Gasteiger partial charge in [0.2, 0.25) is 0 Å². The summed E-state index contributed by atoms with van der Waals surface area (Å²) >= 11 is 0. The molecule has 0 bridgehead atoms. The highest BCUT2D eigenvalue weighted by Crippen LogP contribution is 2.51. The van der Waals surface area contributed by atoms with E-state index in [1.807, 2.05) is 102 Å². The Balaban J connectivity index is 1.38. The molecule has 14 nitrogen and oxygen atoms in total. The quantitative estimate of drug-likeness (QED) is 0.0442. The highest BCUT2D eigenvalue weighted by atomic mass is 31.2. The second-order valence-corrected chi connectivity index (χ2v) is 16.7. The first-order valence-electron chi connectivity index (χ1n) is 20.7. The molecule has 2 aromatic heterocycles. The first kappa shape index (κ1) is 44.6. The highest BCUT2D eigenvalue weighted by Gasteiger charge is 2.52. The van der Waals surface area contributed by atoms with E-state index in [1.165, 1.54) is 6.33 Å². The third kappa shape index (κ3) is 9.60. The molecule has 1 fully saturated rings. The Morgan fingerprint density at radius 2 is 1.40 bits per heavy atom. The van der Waals surface area contributed by atoms with Gasteiger partial charge in [0.05, 0.1) is 52.9 Å². The molecule has 0 aliphatic carbocycles. The minimum absolute atomic E-state index is 0.0216. The van der Waals surface area contributed by atoms with Gasteiger partial charge in [-0.2, -0.15) is 5.26 Å². The van der Waals surface area contributed by atoms with Gasteiger partial charge in [0.25, 0.3) is 8.53 Å². The molecule has 324 valence electrons. The van der Waals surface area contributed by atoms with Gasteiger partial charge in [0.1, 0.15) is 47.3 Å². The van der Waals surface area contributed by atoms with Crippen LogP contribution in [-0.4, -0.2) is 82.0 Å². The Hall–Kier alpha value is -5.49. The van der Waals surface area contributed by atoms with E-state index in [0.717, 1.165) is 22.3 Å². The Kier molecular flexibility index (Phi) is 14.8. The zero-order valence-electron chi connectivity index (χ0n) is 35.9. The van der Waals surface area contributed by atoms with E-state index in [4.69, 9.17) is 38.5 Å². The lowest BCUT2D eigenvalue weighted by molar-refractivity contribution is -0.0963. The summed E-state index contributed by atoms with van der Waals surface area (Å²) in [6, 6.07) is 38.1. The number of methoxy groups -OCH3 is 2. The Bertz CT molecular complexity index is 2310. The van der Waals surface area contributed by atoms with Crippen LogP contribution >= 0.6 is 8.53 Å². The topological polar surface area (TPSA) is 161 Å². The molecule has 3 heterocycles. The van der Waals surface area contributed by atoms with Crippen LogP contribution in [-0.2, 0) is 35.5 Å². The van der Waals surface area contributed by atoms with Crippen molar-refractivity contribution in [2.75, 3.05) is 33.2 Å². The van der Waals surface area contributed by atoms with Crippen molar-refractivity contribution in [2.45, 2.75) is 82.9 Å². The molecule has 1 saturated heterocycles. The fourth-order valence-corrected chi connectivity index (χ4v) is 9.64. The van der Waals surface area contributed by atoms with Gasteiger partial charge in [-0.1, -0.05) is 84.9 Å². The average Bonchev–Trinajstić information content (AvgIpc) is 3.88. The average molecular weight is 860 g/mol. The van der Waals surface area contributed by atoms with Crippen molar-refractivity contribution < 1.29 is 32.7 Å². The Labute approximate surface area is 364 Å². The van der Waals surface area contributed by atoms with Crippen molar-refractivity contribution in [3.8, 4) is 17.6 Å². The Morgan fingerprint density at radius 3 is 1.98 bits per heavy atom. The van der Waals surface area contributed by atoms with Crippen molar-refractivity contribution in [1.29, 1.82) is 5.26 Å². The first-order valence-corrected chi connectivity index (χ1v) is 21.8. The van der Waals surface area contributed by atoms with Crippen LogP contribution in [0.3, 0.4) is 0 Å². The molecule has 1 aliphatic heterocycles. The van der Waals surface area contributed by atoms with E-state index < -0.39 is 38.7 Å². The molecular weight excluding hydrogens is 806 g/mol. The highest BCUT2D eigenvalue weighted by molar-refractivity contribution is 7.44. The van der Waals surface area contributed by atoms with Crippen LogP contribution in [0.1, 0.15) is 62.6 Å². The maximum absolute atomic E-state index is 9.54. The predicted octanol–water partition coefficient (Wildman–Crippen LogP) is 8.58. The van der Waals surface area contributed by atoms with E-state index in [2.05, 4.69) is 65.5 Å². The van der Waals surface area contributed by atoms with Crippen LogP contribution in [0.15, 0.2) is 122 Å². The van der Waals surface area contributed by atoms with Crippen LogP contribution in [0, 0.1) is 11.3 Å². The second kappa shape index (κ2) is 20.6. The summed E-state index contributed by atoms with van der Waals surface area (Å²) in [7, 11) is 1.52. The predicted molar refractivity (Wildman–Crippen MR) is 237 cm³/mol. The number of fused-ring (bicyclic) bond motifs is 1. The number of hydrogen-bond donors (Lipinski definition) is 1. The third-order valence-electron chi connectivity index (χ3n) is 10.7. The summed E-state index contributed by atoms with van der Waals surface area (Å²) in [5.41, 5.74) is 9.63. The zero-order valence-corrected chi connectivity index (χ0v) is 36.8. The smallest absolute Gasteiger partial charge is 0.259 e. The Morgan fingerprint density at radius 1 is 0.806 bits per heavy atom. The van der Waals surface area contributed by atoms with Crippen LogP contribution in [0.4, 0.5) is 5.82 Å². The number of aromatic nitrogens is 4. The van der Waals surface area contributed by atoms with Crippen LogP contribution in [0.25, 0.3) is 11.2 Å². The summed E-state index contributed by atoms with van der Waals surface area (Å²) in [5.74, 6) is 1.66. The van der Waals surface area contributed by atoms with Gasteiger partial charge in [0, 0.05) is 12.1 Å². The largest absolute Gasteiger partial charge is 0.497 e. The number of nitrogen functional groups attached to an aromatic ring is 1. The standard InChI is InChI=1S/C47H54N7O7P/c1-32(2)54(33(3)4)62(59-27-13-26-48)61-42-40(60-46(43(42)57-28-34-14-9-7-10-15-34)53-31-52-41-44(49)50-30-51-45(41)53)29-58-47(35-16-11-8-12-17-35,36-18-22-38(55-5)23-19-36)37-20-24-39(56-6)25-21-37/h7-12,14-25,30-33,40,42-43,46H,13,27-29H2,1-6H3,(H2,49,50,51)/t40-,42-,43-,46-,62?/m1/s1. The van der Waals surface area contributed by atoms with E-state index in [0.29, 0.717) is 22.7 Å². The number of rotatable bonds is 20. The maximum Gasteiger partial charge on any atom is 0.259 e. The molecule has 0 spiro atoms. The van der Waals surface area contributed by atoms with E-state index >= 15 is 0 Å². The van der Waals surface area contributed by atoms with Gasteiger partial charge in [-0.25, -0.2) is 19.6 Å². The summed E-state index contributed by atoms with van der Waals surface area (Å²) in [6.45, 7) is 8.86. The number of ether oxygens (including phenoxy) is 5. The minimum atomic E-state index is -1.77. The summed E-state index contributed by atoms with van der Waals surface area (Å²) in [4.78, 5) is 13.4. The maximum atomic E-state index is 9.54. The molecule has 2 N–H and O–H groups in total. The number of nitrogens with zero attached hydrogens (tertiary/aromatic N) is 6. The molecule has 4 aromatic carbocycles. The summed E-state index contributed by atoms with van der Waals surface area (Å²) in [5, 5.41) is 9.54. The van der Waals surface area contributed by atoms with Crippen LogP contribution in [0.5, 0.6) is 11.5 Å². The third-order valence-corrected chi connectivity index (χ3v) is 12.9. The van der Waals surface area contributed by atoms with Crippen LogP contribution in [0.2, 0.25) is 0 Å². The van der Waals surface area contributed by atoms with Gasteiger partial charge in [0.15, 0.2) is 17.7 Å². The van der Waals surface area contributed by atoms with E-state index in [1.54, 1.807) is 20.5 Å². The number of nitrogens with two attached hydrogens (primary N) is 1. The molecule has 62 heavy (non-hydrogen) atoms. The molecule has 0 radical (unpaired) electrons. The number of nitriles is 1. The van der Waals surface area contributed by atoms with Gasteiger partial charge in [-0.15, -0.1) is 0 Å². The van der Waals surface area contributed by atoms with Gasteiger partial charge < -0.3 is 38.5 Å². The monoisotopic (exact) mass is 859 g/mol. The molecule has 5 atom stereocenters. The second-order valence-electron chi connectivity index (χ2n) is 15.3. The van der Waals surface area contributed by atoms with Crippen molar-refractivity contribution in [2.24, 2.45) is 0 Å². The van der Waals surface area contributed by atoms with E-state index in [-0.39, 0.29) is 44.1 Å². The van der Waals surface area contributed by atoms with Gasteiger partial charge >= 0.3 is 0 Å². The number of imidazole rings is 1. The molecule has 7 rings (SSSR count). The minimum Gasteiger partial charge on any atom is -0.497 e. The van der Waals surface area contributed by atoms with E-state index in [9.17, 15) is 5.26 Å². The molecule has 15 heteroatoms. The zero-order chi connectivity index (χ0) is 43.6. The lowest BCUT2D eigenvalue weighted by Crippen LogP contribution is -2.43. The fourth-order valence-electron chi connectivity index (χ4n) is 7.87. The van der Waals surface area contributed by atoms with Gasteiger partial charge in [-0.05, 0) is 74.2 Å². The van der Waals surface area contributed by atoms with Gasteiger partial charge in [-0.3, -0.25) is 4.57 Å². The van der Waals surface area contributed by atoms with Crippen molar-refractivity contribution in [3.05, 3.63) is 144 Å². The molecular formula is C47H54N7O7P. The summed E-state index contributed by atoms with van der Waals surface area (Å²) < 4.78 is 50.5. The molecule has 1 aliphatic rings. The lowest BCUT2D eigenvalue weighted by atomic mass is 9.80.